The van der Waals surface area contributed by atoms with E-state index in [4.69, 9.17) is 23.2 Å². The smallest absolute Gasteiger partial charge is 0.350 e. The Bertz CT molecular complexity index is 1110. The van der Waals surface area contributed by atoms with Crippen molar-refractivity contribution in [3.05, 3.63) is 33.8 Å². The van der Waals surface area contributed by atoms with Gasteiger partial charge in [0.2, 0.25) is 11.8 Å². The maximum absolute atomic E-state index is 15.4. The van der Waals surface area contributed by atoms with Gasteiger partial charge in [-0.25, -0.2) is 8.78 Å². The molecule has 0 aromatic heterocycles. The highest BCUT2D eigenvalue weighted by Gasteiger charge is 2.63. The molecule has 3 saturated heterocycles. The van der Waals surface area contributed by atoms with Gasteiger partial charge >= 0.3 is 5.92 Å². The van der Waals surface area contributed by atoms with Crippen LogP contribution < -0.4 is 10.6 Å². The first-order valence-corrected chi connectivity index (χ1v) is 12.1. The summed E-state index contributed by atoms with van der Waals surface area (Å²) in [5.74, 6) is -13.1. The molecule has 1 aliphatic carbocycles. The Labute approximate surface area is 214 Å². The standard InChI is InChI=1S/C23H22Cl2F4N4O3/c24-13-6-12(7-14(25)8-13)23(28,29)21(36)33-16-1-2-17(22(26,27)9-16)18(33)20(35)32-15(10-30)5-11-3-4-31-19(11)34/h6-8,11,15-18H,1-5,9H2,(H,31,34)(H,32,35)/t11-,15-,16+,17+,18+/m1/s1. The number of nitrogens with one attached hydrogen (secondary N) is 2. The van der Waals surface area contributed by atoms with Gasteiger partial charge in [-0.1, -0.05) is 23.2 Å². The third kappa shape index (κ3) is 4.85. The number of fused-ring (bicyclic) bond motifs is 3. The van der Waals surface area contributed by atoms with E-state index in [0.29, 0.717) is 17.9 Å². The maximum atomic E-state index is 15.4. The molecule has 4 aliphatic rings. The van der Waals surface area contributed by atoms with Gasteiger partial charge in [-0.15, -0.1) is 0 Å². The van der Waals surface area contributed by atoms with Crippen molar-refractivity contribution in [2.24, 2.45) is 11.8 Å². The minimum absolute atomic E-state index is 0.0199. The fourth-order valence-corrected chi connectivity index (χ4v) is 5.90. The number of alkyl halides is 4. The Balaban J connectivity index is 1.63. The fourth-order valence-electron chi connectivity index (χ4n) is 5.38. The highest BCUT2D eigenvalue weighted by molar-refractivity contribution is 6.34. The van der Waals surface area contributed by atoms with E-state index in [1.807, 2.05) is 6.07 Å². The number of halogens is 6. The zero-order chi connectivity index (χ0) is 26.4. The van der Waals surface area contributed by atoms with Gasteiger partial charge < -0.3 is 15.5 Å². The van der Waals surface area contributed by atoms with Crippen molar-refractivity contribution in [2.45, 2.75) is 62.1 Å². The van der Waals surface area contributed by atoms with Gasteiger partial charge in [0.25, 0.3) is 11.8 Å². The molecule has 7 nitrogen and oxygen atoms in total. The monoisotopic (exact) mass is 548 g/mol. The molecule has 1 saturated carbocycles. The molecule has 2 N–H and O–H groups in total. The molecule has 1 aromatic rings. The average molecular weight is 549 g/mol. The van der Waals surface area contributed by atoms with Gasteiger partial charge in [0.1, 0.15) is 12.1 Å². The van der Waals surface area contributed by atoms with Crippen LogP contribution in [0.3, 0.4) is 0 Å². The van der Waals surface area contributed by atoms with Crippen LogP contribution in [0.25, 0.3) is 0 Å². The number of hydrogen-bond donors (Lipinski definition) is 2. The third-order valence-corrected chi connectivity index (χ3v) is 7.52. The molecule has 3 heterocycles. The summed E-state index contributed by atoms with van der Waals surface area (Å²) in [5, 5.41) is 14.1. The van der Waals surface area contributed by atoms with Crippen molar-refractivity contribution in [1.82, 2.24) is 15.5 Å². The van der Waals surface area contributed by atoms with Gasteiger partial charge in [0, 0.05) is 40.5 Å². The average Bonchev–Trinajstić information content (AvgIpc) is 3.20. The quantitative estimate of drug-likeness (QED) is 0.530. The van der Waals surface area contributed by atoms with Crippen LogP contribution in [0.4, 0.5) is 17.6 Å². The highest BCUT2D eigenvalue weighted by atomic mass is 35.5. The van der Waals surface area contributed by atoms with E-state index in [-0.39, 0.29) is 35.2 Å². The first kappa shape index (κ1) is 26.5. The Kier molecular flexibility index (Phi) is 7.14. The van der Waals surface area contributed by atoms with Crippen molar-refractivity contribution in [3.63, 3.8) is 0 Å². The molecule has 5 rings (SSSR count). The number of nitrogens with zero attached hydrogens (tertiary/aromatic N) is 2. The molecule has 2 bridgehead atoms. The summed E-state index contributed by atoms with van der Waals surface area (Å²) in [4.78, 5) is 38.8. The normalized spacial score (nSPS) is 27.8. The number of carbonyl (C=O) groups is 3. The molecule has 0 radical (unpaired) electrons. The summed E-state index contributed by atoms with van der Waals surface area (Å²) in [5.41, 5.74) is -0.834. The van der Waals surface area contributed by atoms with Crippen LogP contribution in [-0.2, 0) is 20.3 Å². The third-order valence-electron chi connectivity index (χ3n) is 7.09. The molecule has 1 aromatic carbocycles. The van der Waals surface area contributed by atoms with Crippen LogP contribution in [0.5, 0.6) is 0 Å². The van der Waals surface area contributed by atoms with E-state index < -0.39 is 65.6 Å². The number of hydrogen-bond acceptors (Lipinski definition) is 4. The van der Waals surface area contributed by atoms with Gasteiger partial charge in [0.05, 0.1) is 12.0 Å². The second-order valence-corrected chi connectivity index (χ2v) is 10.3. The lowest BCUT2D eigenvalue weighted by atomic mass is 9.71. The number of rotatable bonds is 6. The molecular weight excluding hydrogens is 527 g/mol. The number of carbonyl (C=O) groups excluding carboxylic acids is 3. The van der Waals surface area contributed by atoms with Crippen LogP contribution in [0, 0.1) is 23.2 Å². The van der Waals surface area contributed by atoms with E-state index in [2.05, 4.69) is 10.6 Å². The minimum Gasteiger partial charge on any atom is -0.356 e. The molecule has 194 valence electrons. The summed E-state index contributed by atoms with van der Waals surface area (Å²) in [6.45, 7) is 0.402. The Morgan fingerprint density at radius 3 is 2.44 bits per heavy atom. The second-order valence-electron chi connectivity index (χ2n) is 9.40. The van der Waals surface area contributed by atoms with Gasteiger partial charge in [-0.3, -0.25) is 14.4 Å². The predicted molar refractivity (Wildman–Crippen MR) is 120 cm³/mol. The topological polar surface area (TPSA) is 102 Å². The van der Waals surface area contributed by atoms with Crippen LogP contribution >= 0.6 is 23.2 Å². The van der Waals surface area contributed by atoms with Crippen molar-refractivity contribution in [3.8, 4) is 6.07 Å². The van der Waals surface area contributed by atoms with Gasteiger partial charge in [-0.05, 0) is 43.9 Å². The molecule has 0 unspecified atom stereocenters. The fraction of sp³-hybridized carbons (Fsp3) is 0.565. The molecule has 13 heteroatoms. The molecule has 3 aliphatic heterocycles. The highest BCUT2D eigenvalue weighted by Crippen LogP contribution is 2.50. The molecule has 0 spiro atoms. The van der Waals surface area contributed by atoms with Crippen LogP contribution in [0.2, 0.25) is 10.0 Å². The lowest BCUT2D eigenvalue weighted by Crippen LogP contribution is -2.70. The van der Waals surface area contributed by atoms with E-state index in [1.54, 1.807) is 0 Å². The van der Waals surface area contributed by atoms with Gasteiger partial charge in [-0.2, -0.15) is 14.0 Å². The largest absolute Gasteiger partial charge is 0.356 e. The van der Waals surface area contributed by atoms with E-state index in [9.17, 15) is 28.4 Å². The number of piperidine rings is 2. The lowest BCUT2D eigenvalue weighted by Gasteiger charge is -2.54. The number of amides is 3. The number of benzene rings is 1. The number of nitriles is 1. The first-order valence-electron chi connectivity index (χ1n) is 11.4. The summed E-state index contributed by atoms with van der Waals surface area (Å²) in [7, 11) is 0. The summed E-state index contributed by atoms with van der Waals surface area (Å²) in [6, 6.07) is 0.232. The Morgan fingerprint density at radius 1 is 1.22 bits per heavy atom. The predicted octanol–water partition coefficient (Wildman–Crippen LogP) is 3.63. The lowest BCUT2D eigenvalue weighted by molar-refractivity contribution is -0.207. The van der Waals surface area contributed by atoms with Crippen molar-refractivity contribution in [2.75, 3.05) is 6.54 Å². The second kappa shape index (κ2) is 9.71. The molecule has 5 atom stereocenters. The molecule has 36 heavy (non-hydrogen) atoms. The van der Waals surface area contributed by atoms with E-state index in [1.165, 1.54) is 6.07 Å². The summed E-state index contributed by atoms with van der Waals surface area (Å²) in [6.07, 6.45) is -0.638. The van der Waals surface area contributed by atoms with Crippen LogP contribution in [0.1, 0.15) is 37.7 Å². The van der Waals surface area contributed by atoms with Crippen molar-refractivity contribution >= 4 is 40.9 Å². The van der Waals surface area contributed by atoms with Crippen LogP contribution in [0.15, 0.2) is 18.2 Å². The van der Waals surface area contributed by atoms with E-state index in [0.717, 1.165) is 12.1 Å². The molecule has 4 fully saturated rings. The van der Waals surface area contributed by atoms with Crippen molar-refractivity contribution in [1.29, 1.82) is 5.26 Å². The maximum Gasteiger partial charge on any atom is 0.350 e. The molecular formula is C23H22Cl2F4N4O3. The summed E-state index contributed by atoms with van der Waals surface area (Å²) >= 11 is 11.6. The Hall–Kier alpha value is -2.58. The minimum atomic E-state index is -4.21. The van der Waals surface area contributed by atoms with Crippen molar-refractivity contribution < 1.29 is 31.9 Å². The van der Waals surface area contributed by atoms with E-state index >= 15 is 8.78 Å². The Morgan fingerprint density at radius 2 is 1.89 bits per heavy atom. The first-order chi connectivity index (χ1) is 16.8. The van der Waals surface area contributed by atoms with Gasteiger partial charge in [0.15, 0.2) is 0 Å². The SMILES string of the molecule is N#C[C@@H](C[C@H]1CCNC1=O)NC(=O)[C@@H]1[C@@H]2CC[C@@H](CC2(F)F)N1C(=O)C(F)(F)c1cc(Cl)cc(Cl)c1. The van der Waals surface area contributed by atoms with Crippen LogP contribution in [-0.4, -0.2) is 53.2 Å². The molecule has 3 amide bonds. The zero-order valence-electron chi connectivity index (χ0n) is 18.7. The summed E-state index contributed by atoms with van der Waals surface area (Å²) < 4.78 is 60.4. The zero-order valence-corrected chi connectivity index (χ0v) is 20.3.